The van der Waals surface area contributed by atoms with E-state index in [0.29, 0.717) is 39.0 Å². The number of carbonyl (C=O) groups excluding carboxylic acids is 3. The van der Waals surface area contributed by atoms with Crippen molar-refractivity contribution in [3.63, 3.8) is 0 Å². The van der Waals surface area contributed by atoms with Crippen LogP contribution in [0.2, 0.25) is 10.0 Å². The summed E-state index contributed by atoms with van der Waals surface area (Å²) in [7, 11) is 0. The van der Waals surface area contributed by atoms with E-state index in [0.717, 1.165) is 0 Å². The largest absolute Gasteiger partial charge is 0.325 e. The number of nitrogens with two attached hydrogens (primary N) is 1. The molecule has 0 spiro atoms. The number of ketones is 1. The molecule has 0 heterocycles. The highest BCUT2D eigenvalue weighted by Gasteiger charge is 2.19. The Morgan fingerprint density at radius 2 is 1.59 bits per heavy atom. The van der Waals surface area contributed by atoms with Crippen LogP contribution in [0.4, 0.5) is 11.4 Å². The molecular weight excluding hydrogens is 493 g/mol. The minimum Gasteiger partial charge on any atom is -0.325 e. The van der Waals surface area contributed by atoms with Crippen LogP contribution in [-0.2, 0) is 16.0 Å². The number of carbonyl (C=O) groups is 3. The quantitative estimate of drug-likeness (QED) is 0.238. The fraction of sp³-hybridized carbons (Fsp3) is 0.160. The number of rotatable bonds is 9. The van der Waals surface area contributed by atoms with E-state index in [1.54, 1.807) is 60.7 Å². The van der Waals surface area contributed by atoms with Crippen molar-refractivity contribution in [1.82, 2.24) is 0 Å². The lowest BCUT2D eigenvalue weighted by Crippen LogP contribution is -2.37. The molecule has 3 aromatic carbocycles. The molecule has 0 radical (unpaired) electrons. The van der Waals surface area contributed by atoms with Gasteiger partial charge in [0.05, 0.1) is 11.7 Å². The van der Waals surface area contributed by atoms with Gasteiger partial charge in [0.2, 0.25) is 11.8 Å². The molecule has 0 saturated carbocycles. The van der Waals surface area contributed by atoms with E-state index >= 15 is 0 Å². The molecule has 0 unspecified atom stereocenters. The molecule has 34 heavy (non-hydrogen) atoms. The van der Waals surface area contributed by atoms with Crippen LogP contribution in [0.15, 0.2) is 66.7 Å². The Kier molecular flexibility index (Phi) is 9.12. The van der Waals surface area contributed by atoms with Crippen LogP contribution in [0, 0.1) is 0 Å². The molecule has 0 saturated heterocycles. The minimum atomic E-state index is -0.798. The molecule has 0 aromatic heterocycles. The van der Waals surface area contributed by atoms with Gasteiger partial charge in [0.1, 0.15) is 0 Å². The number of anilines is 2. The van der Waals surface area contributed by atoms with Gasteiger partial charge in [-0.15, -0.1) is 0 Å². The van der Waals surface area contributed by atoms with E-state index in [4.69, 9.17) is 28.9 Å². The van der Waals surface area contributed by atoms with Crippen LogP contribution < -0.4 is 16.4 Å². The summed E-state index contributed by atoms with van der Waals surface area (Å²) >= 11 is 16.4. The maximum atomic E-state index is 13.2. The minimum absolute atomic E-state index is 0.109. The third-order valence-electron chi connectivity index (χ3n) is 5.04. The summed E-state index contributed by atoms with van der Waals surface area (Å²) in [5, 5.41) is 6.43. The summed E-state index contributed by atoms with van der Waals surface area (Å²) in [5.41, 5.74) is 7.77. The van der Waals surface area contributed by atoms with Crippen LogP contribution in [-0.4, -0.2) is 29.4 Å². The molecular formula is C25H23Cl2N3O3S. The average molecular weight is 516 g/mol. The van der Waals surface area contributed by atoms with E-state index < -0.39 is 11.9 Å². The van der Waals surface area contributed by atoms with E-state index in [9.17, 15) is 14.4 Å². The van der Waals surface area contributed by atoms with Gasteiger partial charge >= 0.3 is 0 Å². The lowest BCUT2D eigenvalue weighted by atomic mass is 10.0. The summed E-state index contributed by atoms with van der Waals surface area (Å²) in [4.78, 5) is 38.1. The molecule has 0 aliphatic rings. The number of halogens is 2. The van der Waals surface area contributed by atoms with Gasteiger partial charge in [-0.3, -0.25) is 14.4 Å². The van der Waals surface area contributed by atoms with E-state index in [2.05, 4.69) is 23.3 Å². The molecule has 3 aromatic rings. The molecule has 4 N–H and O–H groups in total. The first-order valence-electron chi connectivity index (χ1n) is 10.4. The van der Waals surface area contributed by atoms with Crippen LogP contribution in [0.3, 0.4) is 0 Å². The fourth-order valence-electron chi connectivity index (χ4n) is 3.20. The van der Waals surface area contributed by atoms with Crippen molar-refractivity contribution in [2.75, 3.05) is 16.4 Å². The highest BCUT2D eigenvalue weighted by molar-refractivity contribution is 7.80. The molecule has 2 amide bonds. The highest BCUT2D eigenvalue weighted by atomic mass is 35.5. The number of nitrogens with one attached hydrogen (secondary N) is 2. The first-order valence-corrected chi connectivity index (χ1v) is 11.8. The Hall–Kier alpha value is -2.84. The van der Waals surface area contributed by atoms with E-state index in [-0.39, 0.29) is 29.4 Å². The smallest absolute Gasteiger partial charge is 0.242 e. The predicted octanol–water partition coefficient (Wildman–Crippen LogP) is 4.99. The summed E-state index contributed by atoms with van der Waals surface area (Å²) in [6.45, 7) is 0. The Balaban J connectivity index is 1.84. The third kappa shape index (κ3) is 6.61. The number of thiol groups is 1. The standard InChI is InChI=1S/C25H23Cl2N3O3S/c26-19-7-4-8-20(27)17(19)10-12-23(31)30-22-11-9-16(29-25(33)21(28)14-34)13-18(22)24(32)15-5-2-1-3-6-15/h1-9,11,13,21,34H,10,12,14,28H2,(H,29,33)(H,30,31)/t21-/m0/s1. The van der Waals surface area contributed by atoms with Gasteiger partial charge < -0.3 is 16.4 Å². The Morgan fingerprint density at radius 3 is 2.24 bits per heavy atom. The predicted molar refractivity (Wildman–Crippen MR) is 140 cm³/mol. The molecule has 1 atom stereocenters. The molecule has 0 fully saturated rings. The number of hydrogen-bond acceptors (Lipinski definition) is 5. The van der Waals surface area contributed by atoms with Crippen molar-refractivity contribution >= 4 is 64.8 Å². The van der Waals surface area contributed by atoms with Gasteiger partial charge in [0.15, 0.2) is 5.78 Å². The van der Waals surface area contributed by atoms with Crippen LogP contribution in [0.5, 0.6) is 0 Å². The molecule has 9 heteroatoms. The maximum Gasteiger partial charge on any atom is 0.242 e. The van der Waals surface area contributed by atoms with Gasteiger partial charge in [-0.05, 0) is 42.3 Å². The molecule has 0 aliphatic carbocycles. The lowest BCUT2D eigenvalue weighted by Gasteiger charge is -2.15. The number of hydrogen-bond donors (Lipinski definition) is 4. The number of amides is 2. The zero-order chi connectivity index (χ0) is 24.7. The first-order chi connectivity index (χ1) is 16.3. The van der Waals surface area contributed by atoms with Crippen molar-refractivity contribution in [2.45, 2.75) is 18.9 Å². The molecule has 0 bridgehead atoms. The summed E-state index contributed by atoms with van der Waals surface area (Å²) < 4.78 is 0. The Labute approximate surface area is 213 Å². The zero-order valence-electron chi connectivity index (χ0n) is 18.1. The van der Waals surface area contributed by atoms with Gasteiger partial charge in [0, 0.05) is 39.0 Å². The van der Waals surface area contributed by atoms with Crippen LogP contribution in [0.1, 0.15) is 27.9 Å². The fourth-order valence-corrected chi connectivity index (χ4v) is 3.96. The number of benzene rings is 3. The average Bonchev–Trinajstić information content (AvgIpc) is 2.84. The zero-order valence-corrected chi connectivity index (χ0v) is 20.5. The van der Waals surface area contributed by atoms with Crippen molar-refractivity contribution < 1.29 is 14.4 Å². The summed E-state index contributed by atoms with van der Waals surface area (Å²) in [6.07, 6.45) is 0.444. The molecule has 6 nitrogen and oxygen atoms in total. The van der Waals surface area contributed by atoms with Crippen molar-refractivity contribution in [3.8, 4) is 0 Å². The first kappa shape index (κ1) is 25.8. The molecule has 176 valence electrons. The second kappa shape index (κ2) is 12.0. The van der Waals surface area contributed by atoms with Crippen LogP contribution in [0.25, 0.3) is 0 Å². The highest BCUT2D eigenvalue weighted by Crippen LogP contribution is 2.27. The monoisotopic (exact) mass is 515 g/mol. The normalized spacial score (nSPS) is 11.5. The Bertz CT molecular complexity index is 1190. The second-order valence-electron chi connectivity index (χ2n) is 7.48. The van der Waals surface area contributed by atoms with E-state index in [1.165, 1.54) is 6.07 Å². The SMILES string of the molecule is N[C@@H](CS)C(=O)Nc1ccc(NC(=O)CCc2c(Cl)cccc2Cl)c(C(=O)c2ccccc2)c1. The van der Waals surface area contributed by atoms with Gasteiger partial charge in [-0.1, -0.05) is 59.6 Å². The summed E-state index contributed by atoms with van der Waals surface area (Å²) in [6, 6.07) is 17.7. The Morgan fingerprint density at radius 1 is 0.912 bits per heavy atom. The van der Waals surface area contributed by atoms with Crippen molar-refractivity contribution in [1.29, 1.82) is 0 Å². The molecule has 0 aliphatic heterocycles. The molecule has 3 rings (SSSR count). The third-order valence-corrected chi connectivity index (χ3v) is 6.14. The van der Waals surface area contributed by atoms with Gasteiger partial charge in [-0.2, -0.15) is 12.6 Å². The van der Waals surface area contributed by atoms with Gasteiger partial charge in [-0.25, -0.2) is 0 Å². The van der Waals surface area contributed by atoms with Crippen LogP contribution >= 0.6 is 35.8 Å². The maximum absolute atomic E-state index is 13.2. The van der Waals surface area contributed by atoms with Gasteiger partial charge in [0.25, 0.3) is 0 Å². The lowest BCUT2D eigenvalue weighted by molar-refractivity contribution is -0.117. The van der Waals surface area contributed by atoms with Crippen molar-refractivity contribution in [3.05, 3.63) is 93.5 Å². The van der Waals surface area contributed by atoms with E-state index in [1.807, 2.05) is 0 Å². The summed E-state index contributed by atoms with van der Waals surface area (Å²) in [5.74, 6) is -0.876. The van der Waals surface area contributed by atoms with Crippen molar-refractivity contribution in [2.24, 2.45) is 5.73 Å². The second-order valence-corrected chi connectivity index (χ2v) is 8.66. The topological polar surface area (TPSA) is 101 Å².